The van der Waals surface area contributed by atoms with Gasteiger partial charge in [0.1, 0.15) is 22.9 Å². The predicted molar refractivity (Wildman–Crippen MR) is 142 cm³/mol. The van der Waals surface area contributed by atoms with Crippen LogP contribution < -0.4 is 13.8 Å². The second-order valence-corrected chi connectivity index (χ2v) is 12.7. The lowest BCUT2D eigenvalue weighted by Gasteiger charge is -2.42. The van der Waals surface area contributed by atoms with Crippen molar-refractivity contribution in [3.63, 3.8) is 0 Å². The highest BCUT2D eigenvalue weighted by molar-refractivity contribution is 7.92. The van der Waals surface area contributed by atoms with Crippen LogP contribution in [0.25, 0.3) is 11.1 Å². The summed E-state index contributed by atoms with van der Waals surface area (Å²) in [6.07, 6.45) is -2.98. The third-order valence-corrected chi connectivity index (χ3v) is 9.48. The minimum Gasteiger partial charge on any atom is -0.481 e. The highest BCUT2D eigenvalue weighted by Crippen LogP contribution is 2.46. The van der Waals surface area contributed by atoms with E-state index in [4.69, 9.17) is 4.74 Å². The van der Waals surface area contributed by atoms with E-state index in [-0.39, 0.29) is 53.9 Å². The molecule has 1 saturated carbocycles. The lowest BCUT2D eigenvalue weighted by Crippen LogP contribution is -2.54. The molecule has 1 aliphatic carbocycles. The molecular weight excluding hydrogens is 602 g/mol. The predicted octanol–water partition coefficient (Wildman–Crippen LogP) is 6.08. The van der Waals surface area contributed by atoms with E-state index in [1.807, 2.05) is 0 Å². The molecule has 3 aromatic carbocycles. The number of ether oxygens (including phenoxy) is 2. The summed E-state index contributed by atoms with van der Waals surface area (Å²) in [7, 11) is -4.64. The Bertz CT molecular complexity index is 1690. The first-order chi connectivity index (χ1) is 20.2. The molecule has 43 heavy (non-hydrogen) atoms. The van der Waals surface area contributed by atoms with Crippen molar-refractivity contribution in [2.45, 2.75) is 42.5 Å². The molecule has 0 radical (unpaired) electrons. The lowest BCUT2D eigenvalue weighted by molar-refractivity contribution is -0.137. The fourth-order valence-electron chi connectivity index (χ4n) is 5.50. The van der Waals surface area contributed by atoms with Crippen LogP contribution in [0.4, 0.5) is 32.0 Å². The Morgan fingerprint density at radius 1 is 1.00 bits per heavy atom. The van der Waals surface area contributed by atoms with Crippen molar-refractivity contribution < 1.29 is 49.0 Å². The van der Waals surface area contributed by atoms with Gasteiger partial charge < -0.3 is 14.4 Å². The van der Waals surface area contributed by atoms with E-state index in [9.17, 15) is 39.6 Å². The van der Waals surface area contributed by atoms with E-state index in [1.165, 1.54) is 18.2 Å². The topological polar surface area (TPSA) is 76.2 Å². The van der Waals surface area contributed by atoms with Crippen molar-refractivity contribution in [1.82, 2.24) is 4.90 Å². The molecule has 0 aromatic heterocycles. The zero-order valence-corrected chi connectivity index (χ0v) is 23.1. The number of benzene rings is 3. The number of carbonyl (C=O) groups is 1. The number of amides is 1. The third kappa shape index (κ3) is 5.71. The van der Waals surface area contributed by atoms with E-state index in [2.05, 4.69) is 4.74 Å². The average Bonchev–Trinajstić information content (AvgIpc) is 3.72. The van der Waals surface area contributed by atoms with Crippen LogP contribution in [-0.4, -0.2) is 51.1 Å². The summed E-state index contributed by atoms with van der Waals surface area (Å²) in [6.45, 7) is -3.14. The molecule has 2 aliphatic heterocycles. The van der Waals surface area contributed by atoms with Gasteiger partial charge in [0.05, 0.1) is 29.2 Å². The van der Waals surface area contributed by atoms with Crippen LogP contribution in [0, 0.1) is 11.7 Å². The van der Waals surface area contributed by atoms with Gasteiger partial charge in [-0.3, -0.25) is 9.10 Å². The molecule has 1 saturated heterocycles. The molecule has 1 unspecified atom stereocenters. The van der Waals surface area contributed by atoms with Crippen LogP contribution in [0.5, 0.6) is 11.5 Å². The second kappa shape index (κ2) is 10.4. The monoisotopic (exact) mass is 626 g/mol. The molecule has 7 nitrogen and oxygen atoms in total. The van der Waals surface area contributed by atoms with Gasteiger partial charge in [0.25, 0.3) is 10.0 Å². The summed E-state index contributed by atoms with van der Waals surface area (Å²) < 4.78 is 120. The summed E-state index contributed by atoms with van der Waals surface area (Å²) >= 11 is 0. The van der Waals surface area contributed by atoms with Crippen LogP contribution >= 0.6 is 0 Å². The van der Waals surface area contributed by atoms with Crippen molar-refractivity contribution in [3.05, 3.63) is 72.0 Å². The Morgan fingerprint density at radius 2 is 1.77 bits per heavy atom. The first kappa shape index (κ1) is 29.1. The maximum atomic E-state index is 14.3. The lowest BCUT2D eigenvalue weighted by atomic mass is 9.98. The highest BCUT2D eigenvalue weighted by atomic mass is 32.2. The van der Waals surface area contributed by atoms with Crippen LogP contribution in [0.2, 0.25) is 0 Å². The molecule has 1 amide bonds. The van der Waals surface area contributed by atoms with Gasteiger partial charge in [-0.25, -0.2) is 12.8 Å². The van der Waals surface area contributed by atoms with Crippen molar-refractivity contribution >= 4 is 21.6 Å². The molecule has 0 bridgehead atoms. The number of anilines is 1. The number of halogens is 6. The molecule has 14 heteroatoms. The molecule has 0 N–H and O–H groups in total. The molecule has 2 heterocycles. The van der Waals surface area contributed by atoms with Crippen LogP contribution in [0.3, 0.4) is 0 Å². The standard InChI is InChI=1S/C29H24F6N2O5S/c30-21-10-19(11-22(14-21)41-27(31)32)18-6-7-25-24(12-18)37(43(39,40)23-3-1-2-20(13-23)29(33,34)35)16-28(42-25)8-9-36(15-28)26(38)17-4-5-17/h1-3,6-7,10-14,17,27H,4-5,8-9,15-16H2. The molecule has 3 aliphatic rings. The Morgan fingerprint density at radius 3 is 2.47 bits per heavy atom. The van der Waals surface area contributed by atoms with Crippen molar-refractivity contribution in [3.8, 4) is 22.6 Å². The van der Waals surface area contributed by atoms with Crippen molar-refractivity contribution in [1.29, 1.82) is 0 Å². The van der Waals surface area contributed by atoms with Gasteiger partial charge in [-0.2, -0.15) is 22.0 Å². The molecule has 6 rings (SSSR count). The van der Waals surface area contributed by atoms with Crippen molar-refractivity contribution in [2.24, 2.45) is 5.92 Å². The zero-order valence-electron chi connectivity index (χ0n) is 22.3. The largest absolute Gasteiger partial charge is 0.481 e. The summed E-state index contributed by atoms with van der Waals surface area (Å²) in [6, 6.07) is 10.5. The molecule has 228 valence electrons. The van der Waals surface area contributed by atoms with Gasteiger partial charge in [-0.1, -0.05) is 12.1 Å². The Hall–Kier alpha value is -3.94. The smallest absolute Gasteiger partial charge is 0.416 e. The quantitative estimate of drug-likeness (QED) is 0.310. The van der Waals surface area contributed by atoms with Gasteiger partial charge in [0, 0.05) is 24.9 Å². The fourth-order valence-corrected chi connectivity index (χ4v) is 7.09. The molecule has 1 spiro atoms. The fraction of sp³-hybridized carbons (Fsp3) is 0.345. The maximum Gasteiger partial charge on any atom is 0.416 e. The minimum absolute atomic E-state index is 0.0481. The Balaban J connectivity index is 1.44. The first-order valence-corrected chi connectivity index (χ1v) is 14.8. The average molecular weight is 627 g/mol. The molecular formula is C29H24F6N2O5S. The number of likely N-dealkylation sites (tertiary alicyclic amines) is 1. The maximum absolute atomic E-state index is 14.3. The highest BCUT2D eigenvalue weighted by Gasteiger charge is 2.51. The minimum atomic E-state index is -4.80. The SMILES string of the molecule is O=C(C1CC1)N1CCC2(C1)CN(S(=O)(=O)c1cccc(C(F)(F)F)c1)c1cc(-c3cc(F)cc(OC(F)F)c3)ccc1O2. The van der Waals surface area contributed by atoms with Crippen LogP contribution in [0.15, 0.2) is 65.6 Å². The normalized spacial score (nSPS) is 20.3. The van der Waals surface area contributed by atoms with Gasteiger partial charge in [-0.05, 0) is 66.4 Å². The summed E-state index contributed by atoms with van der Waals surface area (Å²) in [5.74, 6) is -1.41. The third-order valence-electron chi connectivity index (χ3n) is 7.72. The van der Waals surface area contributed by atoms with Gasteiger partial charge in [0.15, 0.2) is 0 Å². The number of hydrogen-bond donors (Lipinski definition) is 0. The number of carbonyl (C=O) groups excluding carboxylic acids is 1. The summed E-state index contributed by atoms with van der Waals surface area (Å²) in [5, 5.41) is 0. The number of sulfonamides is 1. The number of nitrogens with zero attached hydrogens (tertiary/aromatic N) is 2. The Labute approximate surface area is 242 Å². The number of fused-ring (bicyclic) bond motifs is 1. The number of hydrogen-bond acceptors (Lipinski definition) is 5. The van der Waals surface area contributed by atoms with Gasteiger partial charge >= 0.3 is 12.8 Å². The summed E-state index contributed by atoms with van der Waals surface area (Å²) in [5.41, 5.74) is -2.09. The van der Waals surface area contributed by atoms with Gasteiger partial charge in [-0.15, -0.1) is 0 Å². The number of alkyl halides is 5. The first-order valence-electron chi connectivity index (χ1n) is 13.3. The van der Waals surface area contributed by atoms with Crippen LogP contribution in [0.1, 0.15) is 24.8 Å². The van der Waals surface area contributed by atoms with E-state index >= 15 is 0 Å². The molecule has 3 aromatic rings. The van der Waals surface area contributed by atoms with E-state index in [0.29, 0.717) is 12.6 Å². The molecule has 2 fully saturated rings. The zero-order chi connectivity index (χ0) is 30.7. The van der Waals surface area contributed by atoms with E-state index in [0.717, 1.165) is 53.5 Å². The van der Waals surface area contributed by atoms with E-state index in [1.54, 1.807) is 4.90 Å². The second-order valence-electron chi connectivity index (χ2n) is 10.8. The summed E-state index contributed by atoms with van der Waals surface area (Å²) in [4.78, 5) is 13.8. The number of rotatable bonds is 6. The Kier molecular flexibility index (Phi) is 7.02. The van der Waals surface area contributed by atoms with E-state index < -0.39 is 50.4 Å². The van der Waals surface area contributed by atoms with Crippen LogP contribution in [-0.2, 0) is 21.0 Å². The van der Waals surface area contributed by atoms with Gasteiger partial charge in [0.2, 0.25) is 5.91 Å². The molecule has 1 atom stereocenters. The van der Waals surface area contributed by atoms with Crippen molar-refractivity contribution in [2.75, 3.05) is 23.9 Å².